The molecule has 0 saturated carbocycles. The van der Waals surface area contributed by atoms with Crippen LogP contribution in [-0.4, -0.2) is 52.9 Å². The van der Waals surface area contributed by atoms with E-state index in [0.717, 1.165) is 5.56 Å². The first-order valence-corrected chi connectivity index (χ1v) is 8.74. The molecular formula is C18H20F2N6O. The molecule has 1 aliphatic rings. The highest BCUT2D eigenvalue weighted by Crippen LogP contribution is 2.29. The first-order chi connectivity index (χ1) is 13.1. The summed E-state index contributed by atoms with van der Waals surface area (Å²) in [7, 11) is 1.70. The number of aromatic nitrogens is 4. The molecule has 3 aromatic rings. The molecule has 3 heterocycles. The number of alkyl halides is 2. The molecular weight excluding hydrogens is 354 g/mol. The number of fused-ring (bicyclic) bond motifs is 1. The van der Waals surface area contributed by atoms with Crippen molar-refractivity contribution in [2.45, 2.75) is 13.3 Å². The molecule has 0 atom stereocenters. The first-order valence-electron chi connectivity index (χ1n) is 8.74. The van der Waals surface area contributed by atoms with E-state index in [0.29, 0.717) is 54.9 Å². The summed E-state index contributed by atoms with van der Waals surface area (Å²) in [6, 6.07) is 7.18. The molecule has 27 heavy (non-hydrogen) atoms. The van der Waals surface area contributed by atoms with Crippen molar-refractivity contribution in [1.29, 1.82) is 0 Å². The Morgan fingerprint density at radius 2 is 1.81 bits per heavy atom. The summed E-state index contributed by atoms with van der Waals surface area (Å²) in [5.74, 6) is 1.06. The number of rotatable bonds is 4. The molecule has 0 spiro atoms. The second-order valence-corrected chi connectivity index (χ2v) is 6.36. The van der Waals surface area contributed by atoms with E-state index in [1.165, 1.54) is 4.57 Å². The Bertz CT molecular complexity index is 968. The molecule has 0 amide bonds. The number of benzene rings is 1. The molecule has 0 bridgehead atoms. The third-order valence-electron chi connectivity index (χ3n) is 4.52. The molecule has 0 aliphatic carbocycles. The fourth-order valence-electron chi connectivity index (χ4n) is 3.20. The second kappa shape index (κ2) is 7.07. The van der Waals surface area contributed by atoms with Crippen molar-refractivity contribution in [2.24, 2.45) is 0 Å². The monoisotopic (exact) mass is 374 g/mol. The maximum Gasteiger partial charge on any atom is 0.296 e. The van der Waals surface area contributed by atoms with E-state index in [9.17, 15) is 8.78 Å². The van der Waals surface area contributed by atoms with Crippen molar-refractivity contribution in [3.8, 4) is 5.82 Å². The zero-order chi connectivity index (χ0) is 19.0. The Hall–Kier alpha value is -2.81. The van der Waals surface area contributed by atoms with Crippen LogP contribution in [0, 0.1) is 6.92 Å². The van der Waals surface area contributed by atoms with Crippen LogP contribution in [0.4, 0.5) is 20.5 Å². The Labute approximate surface area is 155 Å². The molecule has 0 unspecified atom stereocenters. The quantitative estimate of drug-likeness (QED) is 0.757. The van der Waals surface area contributed by atoms with Crippen molar-refractivity contribution in [1.82, 2.24) is 19.5 Å². The second-order valence-electron chi connectivity index (χ2n) is 6.36. The lowest BCUT2D eigenvalue weighted by Gasteiger charge is -2.28. The van der Waals surface area contributed by atoms with Crippen molar-refractivity contribution in [2.75, 3.05) is 43.6 Å². The van der Waals surface area contributed by atoms with Crippen molar-refractivity contribution in [3.63, 3.8) is 0 Å². The topological polar surface area (TPSA) is 68.1 Å². The van der Waals surface area contributed by atoms with Crippen LogP contribution in [0.3, 0.4) is 0 Å². The van der Waals surface area contributed by atoms with Gasteiger partial charge in [0.25, 0.3) is 6.43 Å². The number of aryl methyl sites for hydroxylation is 1. The molecule has 0 radical (unpaired) electrons. The smallest absolute Gasteiger partial charge is 0.296 e. The van der Waals surface area contributed by atoms with Crippen LogP contribution in [0.2, 0.25) is 0 Å². The van der Waals surface area contributed by atoms with Crippen LogP contribution in [0.25, 0.3) is 16.9 Å². The van der Waals surface area contributed by atoms with Gasteiger partial charge in [0.2, 0.25) is 5.95 Å². The molecule has 9 heteroatoms. The summed E-state index contributed by atoms with van der Waals surface area (Å²) >= 11 is 0. The van der Waals surface area contributed by atoms with Gasteiger partial charge in [0.1, 0.15) is 11.6 Å². The summed E-state index contributed by atoms with van der Waals surface area (Å²) in [6.07, 6.45) is -2.72. The number of hydrogen-bond donors (Lipinski definition) is 1. The van der Waals surface area contributed by atoms with Crippen LogP contribution >= 0.6 is 0 Å². The maximum atomic E-state index is 13.7. The summed E-state index contributed by atoms with van der Waals surface area (Å²) in [4.78, 5) is 15.1. The van der Waals surface area contributed by atoms with Crippen LogP contribution in [-0.2, 0) is 4.74 Å². The molecule has 1 aromatic carbocycles. The Morgan fingerprint density at radius 3 is 2.52 bits per heavy atom. The summed E-state index contributed by atoms with van der Waals surface area (Å²) in [5, 5.41) is 2.91. The SMILES string of the molecule is CNc1nc(N2CCOCC2)cc(-n2c(C(F)F)nc3cc(C)ccc32)n1. The third-order valence-corrected chi connectivity index (χ3v) is 4.52. The Morgan fingerprint density at radius 1 is 1.07 bits per heavy atom. The number of imidazole rings is 1. The number of ether oxygens (including phenoxy) is 1. The van der Waals surface area contributed by atoms with Gasteiger partial charge in [-0.05, 0) is 24.6 Å². The lowest BCUT2D eigenvalue weighted by atomic mass is 10.2. The lowest BCUT2D eigenvalue weighted by Crippen LogP contribution is -2.37. The number of nitrogens with zero attached hydrogens (tertiary/aromatic N) is 5. The fourth-order valence-corrected chi connectivity index (χ4v) is 3.20. The van der Waals surface area contributed by atoms with Gasteiger partial charge < -0.3 is 15.0 Å². The van der Waals surface area contributed by atoms with Gasteiger partial charge in [-0.15, -0.1) is 0 Å². The van der Waals surface area contributed by atoms with Gasteiger partial charge in [-0.3, -0.25) is 4.57 Å². The molecule has 1 saturated heterocycles. The van der Waals surface area contributed by atoms with Gasteiger partial charge in [-0.2, -0.15) is 9.97 Å². The largest absolute Gasteiger partial charge is 0.378 e. The van der Waals surface area contributed by atoms with Gasteiger partial charge in [0.15, 0.2) is 5.82 Å². The summed E-state index contributed by atoms with van der Waals surface area (Å²) in [5.41, 5.74) is 2.06. The average Bonchev–Trinajstić information content (AvgIpc) is 3.07. The predicted octanol–water partition coefficient (Wildman–Crippen LogP) is 2.94. The van der Waals surface area contributed by atoms with Crippen LogP contribution in [0.1, 0.15) is 17.8 Å². The third kappa shape index (κ3) is 3.30. The predicted molar refractivity (Wildman–Crippen MR) is 98.9 cm³/mol. The van der Waals surface area contributed by atoms with E-state index in [1.54, 1.807) is 25.2 Å². The zero-order valence-electron chi connectivity index (χ0n) is 15.1. The number of morpholine rings is 1. The van der Waals surface area contributed by atoms with Crippen molar-refractivity contribution in [3.05, 3.63) is 35.7 Å². The van der Waals surface area contributed by atoms with Crippen LogP contribution < -0.4 is 10.2 Å². The Balaban J connectivity index is 1.90. The van der Waals surface area contributed by atoms with E-state index in [1.807, 2.05) is 13.0 Å². The molecule has 2 aromatic heterocycles. The maximum absolute atomic E-state index is 13.7. The van der Waals surface area contributed by atoms with Gasteiger partial charge >= 0.3 is 0 Å². The van der Waals surface area contributed by atoms with E-state index in [4.69, 9.17) is 4.74 Å². The number of hydrogen-bond acceptors (Lipinski definition) is 6. The molecule has 1 fully saturated rings. The highest BCUT2D eigenvalue weighted by molar-refractivity contribution is 5.79. The van der Waals surface area contributed by atoms with E-state index in [-0.39, 0.29) is 5.82 Å². The summed E-state index contributed by atoms with van der Waals surface area (Å²) in [6.45, 7) is 4.48. The highest BCUT2D eigenvalue weighted by Gasteiger charge is 2.23. The van der Waals surface area contributed by atoms with E-state index < -0.39 is 6.43 Å². The molecule has 7 nitrogen and oxygen atoms in total. The molecule has 1 aliphatic heterocycles. The van der Waals surface area contributed by atoms with Gasteiger partial charge in [-0.25, -0.2) is 13.8 Å². The fraction of sp³-hybridized carbons (Fsp3) is 0.389. The highest BCUT2D eigenvalue weighted by atomic mass is 19.3. The normalized spacial score (nSPS) is 14.9. The van der Waals surface area contributed by atoms with Crippen LogP contribution in [0.5, 0.6) is 0 Å². The minimum Gasteiger partial charge on any atom is -0.378 e. The number of nitrogens with one attached hydrogen (secondary N) is 1. The minimum atomic E-state index is -2.72. The van der Waals surface area contributed by atoms with Crippen molar-refractivity contribution >= 4 is 22.8 Å². The van der Waals surface area contributed by atoms with Gasteiger partial charge in [0, 0.05) is 26.2 Å². The molecule has 142 valence electrons. The Kier molecular flexibility index (Phi) is 4.61. The average molecular weight is 374 g/mol. The van der Waals surface area contributed by atoms with Gasteiger partial charge in [-0.1, -0.05) is 6.07 Å². The van der Waals surface area contributed by atoms with Crippen LogP contribution in [0.15, 0.2) is 24.3 Å². The first kappa shape index (κ1) is 17.6. The standard InChI is InChI=1S/C18H20F2N6O/c1-11-3-4-13-12(9-11)22-17(16(19)20)26(13)15-10-14(23-18(21-2)24-15)25-5-7-27-8-6-25/h3-4,9-10,16H,5-8H2,1-2H3,(H,21,23,24). The van der Waals surface area contributed by atoms with E-state index >= 15 is 0 Å². The lowest BCUT2D eigenvalue weighted by molar-refractivity contribution is 0.122. The van der Waals surface area contributed by atoms with Gasteiger partial charge in [0.05, 0.1) is 24.2 Å². The zero-order valence-corrected chi connectivity index (χ0v) is 15.1. The molecule has 1 N–H and O–H groups in total. The molecule has 4 rings (SSSR count). The summed E-state index contributed by atoms with van der Waals surface area (Å²) < 4.78 is 34.2. The minimum absolute atomic E-state index is 0.329. The number of halogens is 2. The van der Waals surface area contributed by atoms with Crippen molar-refractivity contribution < 1.29 is 13.5 Å². The van der Waals surface area contributed by atoms with E-state index in [2.05, 4.69) is 25.2 Å². The number of anilines is 2.